The molecule has 0 aliphatic carbocycles. The van der Waals surface area contributed by atoms with E-state index in [-0.39, 0.29) is 5.54 Å². The number of hydrogen-bond donors (Lipinski definition) is 1. The minimum absolute atomic E-state index is 0.205. The number of aryl methyl sites for hydroxylation is 1. The molecule has 2 aromatic rings. The summed E-state index contributed by atoms with van der Waals surface area (Å²) < 4.78 is 0. The first-order chi connectivity index (χ1) is 8.56. The van der Waals surface area contributed by atoms with Gasteiger partial charge in [-0.1, -0.05) is 24.3 Å². The number of hydrogen-bond acceptors (Lipinski definition) is 2. The third kappa shape index (κ3) is 3.54. The Kier molecular flexibility index (Phi) is 3.97. The van der Waals surface area contributed by atoms with Crippen molar-refractivity contribution in [3.63, 3.8) is 0 Å². The lowest BCUT2D eigenvalue weighted by Crippen LogP contribution is -2.36. The lowest BCUT2D eigenvalue weighted by atomic mass is 10.0. The molecule has 96 valence electrons. The standard InChI is InChI=1S/C16H22N2/c1-16(2,3)18-10-6-8-14-12-17-11-13-7-4-5-9-15(13)14/h4-5,7,9,11-12,18H,6,8,10H2,1-3H3. The molecular formula is C16H22N2. The van der Waals surface area contributed by atoms with Crippen molar-refractivity contribution >= 4 is 10.8 Å². The minimum atomic E-state index is 0.205. The van der Waals surface area contributed by atoms with Crippen molar-refractivity contribution in [2.75, 3.05) is 6.54 Å². The van der Waals surface area contributed by atoms with Gasteiger partial charge >= 0.3 is 0 Å². The molecule has 1 aromatic carbocycles. The number of benzene rings is 1. The van der Waals surface area contributed by atoms with Crippen molar-refractivity contribution in [3.05, 3.63) is 42.2 Å². The molecule has 0 aliphatic rings. The van der Waals surface area contributed by atoms with E-state index < -0.39 is 0 Å². The molecule has 0 saturated heterocycles. The van der Waals surface area contributed by atoms with Crippen molar-refractivity contribution in [1.82, 2.24) is 10.3 Å². The molecular weight excluding hydrogens is 220 g/mol. The lowest BCUT2D eigenvalue weighted by molar-refractivity contribution is 0.422. The van der Waals surface area contributed by atoms with Gasteiger partial charge in [0.05, 0.1) is 0 Å². The van der Waals surface area contributed by atoms with Gasteiger partial charge in [0.25, 0.3) is 0 Å². The number of pyridine rings is 1. The first kappa shape index (κ1) is 13.0. The highest BCUT2D eigenvalue weighted by atomic mass is 14.9. The van der Waals surface area contributed by atoms with Crippen molar-refractivity contribution in [2.45, 2.75) is 39.2 Å². The van der Waals surface area contributed by atoms with E-state index in [1.54, 1.807) is 0 Å². The lowest BCUT2D eigenvalue weighted by Gasteiger charge is -2.20. The van der Waals surface area contributed by atoms with Gasteiger partial charge in [-0.05, 0) is 51.1 Å². The Balaban J connectivity index is 2.00. The third-order valence-corrected chi connectivity index (χ3v) is 3.03. The van der Waals surface area contributed by atoms with E-state index in [4.69, 9.17) is 0 Å². The summed E-state index contributed by atoms with van der Waals surface area (Å²) in [7, 11) is 0. The Morgan fingerprint density at radius 1 is 1.11 bits per heavy atom. The smallest absolute Gasteiger partial charge is 0.0346 e. The van der Waals surface area contributed by atoms with Crippen LogP contribution in [0.2, 0.25) is 0 Å². The van der Waals surface area contributed by atoms with Crippen LogP contribution in [-0.2, 0) is 6.42 Å². The molecule has 0 amide bonds. The average Bonchev–Trinajstić information content (AvgIpc) is 2.33. The summed E-state index contributed by atoms with van der Waals surface area (Å²) in [6.45, 7) is 7.65. The van der Waals surface area contributed by atoms with Crippen LogP contribution >= 0.6 is 0 Å². The highest BCUT2D eigenvalue weighted by Crippen LogP contribution is 2.18. The van der Waals surface area contributed by atoms with Gasteiger partial charge in [0.1, 0.15) is 0 Å². The van der Waals surface area contributed by atoms with E-state index in [2.05, 4.69) is 55.3 Å². The van der Waals surface area contributed by atoms with Gasteiger partial charge in [-0.3, -0.25) is 4.98 Å². The summed E-state index contributed by atoms with van der Waals surface area (Å²) in [4.78, 5) is 4.32. The van der Waals surface area contributed by atoms with E-state index >= 15 is 0 Å². The first-order valence-electron chi connectivity index (χ1n) is 6.63. The van der Waals surface area contributed by atoms with Crippen LogP contribution in [0.3, 0.4) is 0 Å². The maximum Gasteiger partial charge on any atom is 0.0346 e. The van der Waals surface area contributed by atoms with E-state index in [1.165, 1.54) is 16.3 Å². The molecule has 2 nitrogen and oxygen atoms in total. The zero-order chi connectivity index (χ0) is 13.0. The quantitative estimate of drug-likeness (QED) is 0.829. The molecule has 0 aliphatic heterocycles. The molecule has 18 heavy (non-hydrogen) atoms. The van der Waals surface area contributed by atoms with E-state index in [0.717, 1.165) is 19.4 Å². The maximum atomic E-state index is 4.32. The first-order valence-corrected chi connectivity index (χ1v) is 6.63. The highest BCUT2D eigenvalue weighted by molar-refractivity contribution is 5.84. The summed E-state index contributed by atoms with van der Waals surface area (Å²) >= 11 is 0. The van der Waals surface area contributed by atoms with Crippen LogP contribution in [0.5, 0.6) is 0 Å². The number of nitrogens with one attached hydrogen (secondary N) is 1. The zero-order valence-electron chi connectivity index (χ0n) is 11.5. The predicted octanol–water partition coefficient (Wildman–Crippen LogP) is 3.56. The number of aromatic nitrogens is 1. The fourth-order valence-electron chi connectivity index (χ4n) is 2.12. The minimum Gasteiger partial charge on any atom is -0.312 e. The van der Waals surface area contributed by atoms with Crippen LogP contribution in [0.15, 0.2) is 36.7 Å². The molecule has 1 heterocycles. The Morgan fingerprint density at radius 2 is 1.89 bits per heavy atom. The van der Waals surface area contributed by atoms with Crippen molar-refractivity contribution in [1.29, 1.82) is 0 Å². The van der Waals surface area contributed by atoms with E-state index in [0.29, 0.717) is 0 Å². The molecule has 0 fully saturated rings. The summed E-state index contributed by atoms with van der Waals surface area (Å²) in [5, 5.41) is 6.09. The number of nitrogens with zero attached hydrogens (tertiary/aromatic N) is 1. The number of fused-ring (bicyclic) bond motifs is 1. The van der Waals surface area contributed by atoms with Crippen molar-refractivity contribution < 1.29 is 0 Å². The second-order valence-electron chi connectivity index (χ2n) is 5.80. The Hall–Kier alpha value is -1.41. The van der Waals surface area contributed by atoms with Gasteiger partial charge in [-0.25, -0.2) is 0 Å². The topological polar surface area (TPSA) is 24.9 Å². The molecule has 0 spiro atoms. The fraction of sp³-hybridized carbons (Fsp3) is 0.438. The van der Waals surface area contributed by atoms with Gasteiger partial charge in [-0.2, -0.15) is 0 Å². The van der Waals surface area contributed by atoms with E-state index in [1.807, 2.05) is 12.4 Å². The molecule has 1 aromatic heterocycles. The van der Waals surface area contributed by atoms with Gasteiger partial charge in [0.15, 0.2) is 0 Å². The van der Waals surface area contributed by atoms with Crippen LogP contribution < -0.4 is 5.32 Å². The summed E-state index contributed by atoms with van der Waals surface area (Å²) in [6, 6.07) is 8.47. The molecule has 0 saturated carbocycles. The largest absolute Gasteiger partial charge is 0.312 e. The highest BCUT2D eigenvalue weighted by Gasteiger charge is 2.07. The normalized spacial score (nSPS) is 11.9. The average molecular weight is 242 g/mol. The van der Waals surface area contributed by atoms with Crippen LogP contribution in [-0.4, -0.2) is 17.1 Å². The summed E-state index contributed by atoms with van der Waals surface area (Å²) in [5.74, 6) is 0. The van der Waals surface area contributed by atoms with Gasteiger partial charge in [0, 0.05) is 23.3 Å². The summed E-state index contributed by atoms with van der Waals surface area (Å²) in [6.07, 6.45) is 6.16. The second-order valence-corrected chi connectivity index (χ2v) is 5.80. The molecule has 0 atom stereocenters. The maximum absolute atomic E-state index is 4.32. The predicted molar refractivity (Wildman–Crippen MR) is 77.8 cm³/mol. The van der Waals surface area contributed by atoms with Crippen LogP contribution in [0, 0.1) is 0 Å². The van der Waals surface area contributed by atoms with Crippen molar-refractivity contribution in [3.8, 4) is 0 Å². The van der Waals surface area contributed by atoms with Crippen LogP contribution in [0.25, 0.3) is 10.8 Å². The second kappa shape index (κ2) is 5.49. The van der Waals surface area contributed by atoms with E-state index in [9.17, 15) is 0 Å². The number of rotatable bonds is 4. The zero-order valence-corrected chi connectivity index (χ0v) is 11.5. The molecule has 0 radical (unpaired) electrons. The van der Waals surface area contributed by atoms with Gasteiger partial charge < -0.3 is 5.32 Å². The molecule has 1 N–H and O–H groups in total. The monoisotopic (exact) mass is 242 g/mol. The Bertz CT molecular complexity index is 506. The Morgan fingerprint density at radius 3 is 2.67 bits per heavy atom. The fourth-order valence-corrected chi connectivity index (χ4v) is 2.12. The molecule has 0 bridgehead atoms. The summed E-state index contributed by atoms with van der Waals surface area (Å²) in [5.41, 5.74) is 1.56. The molecule has 2 rings (SSSR count). The SMILES string of the molecule is CC(C)(C)NCCCc1cncc2ccccc12. The molecule has 2 heteroatoms. The van der Waals surface area contributed by atoms with Crippen LogP contribution in [0.1, 0.15) is 32.8 Å². The van der Waals surface area contributed by atoms with Crippen LogP contribution in [0.4, 0.5) is 0 Å². The van der Waals surface area contributed by atoms with Gasteiger partial charge in [0.2, 0.25) is 0 Å². The van der Waals surface area contributed by atoms with Gasteiger partial charge in [-0.15, -0.1) is 0 Å². The third-order valence-electron chi connectivity index (χ3n) is 3.03. The van der Waals surface area contributed by atoms with Crippen molar-refractivity contribution in [2.24, 2.45) is 0 Å². The Labute approximate surface area is 109 Å². The molecule has 0 unspecified atom stereocenters.